The molecule has 2 aromatic rings. The van der Waals surface area contributed by atoms with Crippen molar-refractivity contribution in [1.82, 2.24) is 15.2 Å². The Hall–Kier alpha value is -3.41. The number of benzene rings is 1. The Bertz CT molecular complexity index is 942. The Kier molecular flexibility index (Phi) is 6.67. The van der Waals surface area contributed by atoms with Crippen LogP contribution in [0.4, 0.5) is 0 Å². The second-order valence-electron chi connectivity index (χ2n) is 7.18. The van der Waals surface area contributed by atoms with E-state index >= 15 is 0 Å². The summed E-state index contributed by atoms with van der Waals surface area (Å²) in [5, 5.41) is 2.93. The number of ether oxygens (including phenoxy) is 1. The molecule has 1 aromatic heterocycles. The van der Waals surface area contributed by atoms with Crippen LogP contribution in [0.3, 0.4) is 0 Å². The van der Waals surface area contributed by atoms with Crippen molar-refractivity contribution in [2.75, 3.05) is 20.2 Å². The summed E-state index contributed by atoms with van der Waals surface area (Å²) in [6, 6.07) is 9.00. The van der Waals surface area contributed by atoms with Crippen molar-refractivity contribution in [3.63, 3.8) is 0 Å². The minimum Gasteiger partial charge on any atom is -0.497 e. The lowest BCUT2D eigenvalue weighted by Gasteiger charge is -2.46. The van der Waals surface area contributed by atoms with E-state index in [1.54, 1.807) is 48.7 Å². The van der Waals surface area contributed by atoms with Gasteiger partial charge in [0.15, 0.2) is 0 Å². The lowest BCUT2D eigenvalue weighted by atomic mass is 9.74. The molecule has 0 saturated heterocycles. The van der Waals surface area contributed by atoms with Gasteiger partial charge in [0.1, 0.15) is 11.3 Å². The first kappa shape index (κ1) is 21.3. The summed E-state index contributed by atoms with van der Waals surface area (Å²) in [5.74, 6) is 0.263. The van der Waals surface area contributed by atoms with Crippen molar-refractivity contribution in [3.8, 4) is 5.75 Å². The second-order valence-corrected chi connectivity index (χ2v) is 7.18. The Labute approximate surface area is 177 Å². The van der Waals surface area contributed by atoms with Crippen molar-refractivity contribution < 1.29 is 14.3 Å². The minimum atomic E-state index is -1.16. The van der Waals surface area contributed by atoms with Gasteiger partial charge in [-0.25, -0.2) is 0 Å². The zero-order chi connectivity index (χ0) is 21.6. The Morgan fingerprint density at radius 1 is 1.23 bits per heavy atom. The highest BCUT2D eigenvalue weighted by atomic mass is 16.5. The molecule has 3 rings (SSSR count). The minimum absolute atomic E-state index is 0.224. The summed E-state index contributed by atoms with van der Waals surface area (Å²) in [6.07, 6.45) is 8.52. The van der Waals surface area contributed by atoms with Crippen LogP contribution in [0, 0.1) is 0 Å². The molecule has 0 aliphatic heterocycles. The monoisotopic (exact) mass is 405 g/mol. The van der Waals surface area contributed by atoms with E-state index < -0.39 is 5.54 Å². The molecule has 0 bridgehead atoms. The molecule has 1 aromatic carbocycles. The van der Waals surface area contributed by atoms with Gasteiger partial charge in [0.05, 0.1) is 7.11 Å². The van der Waals surface area contributed by atoms with Gasteiger partial charge in [-0.2, -0.15) is 0 Å². The fourth-order valence-electron chi connectivity index (χ4n) is 4.12. The maximum absolute atomic E-state index is 13.6. The molecule has 1 aliphatic carbocycles. The van der Waals surface area contributed by atoms with Crippen LogP contribution in [-0.4, -0.2) is 41.9 Å². The van der Waals surface area contributed by atoms with Gasteiger partial charge in [-0.1, -0.05) is 18.2 Å². The van der Waals surface area contributed by atoms with Crippen molar-refractivity contribution in [1.29, 1.82) is 0 Å². The number of hydrogen-bond acceptors (Lipinski definition) is 4. The number of nitrogens with one attached hydrogen (secondary N) is 1. The number of rotatable bonds is 8. The summed E-state index contributed by atoms with van der Waals surface area (Å²) < 4.78 is 5.38. The second kappa shape index (κ2) is 9.39. The number of fused-ring (bicyclic) bond motifs is 1. The van der Waals surface area contributed by atoms with Crippen LogP contribution in [0.15, 0.2) is 68.0 Å². The highest BCUT2D eigenvalue weighted by Crippen LogP contribution is 2.42. The number of pyridine rings is 1. The maximum Gasteiger partial charge on any atom is 0.255 e. The van der Waals surface area contributed by atoms with E-state index in [0.29, 0.717) is 18.5 Å². The van der Waals surface area contributed by atoms with Gasteiger partial charge in [0.2, 0.25) is 0 Å². The van der Waals surface area contributed by atoms with Crippen LogP contribution in [0.1, 0.15) is 34.3 Å². The Morgan fingerprint density at radius 2 is 2.00 bits per heavy atom. The van der Waals surface area contributed by atoms with E-state index in [1.165, 1.54) is 0 Å². The molecule has 2 amide bonds. The third kappa shape index (κ3) is 3.85. The predicted octanol–water partition coefficient (Wildman–Crippen LogP) is 3.25. The van der Waals surface area contributed by atoms with Crippen LogP contribution in [0.2, 0.25) is 0 Å². The van der Waals surface area contributed by atoms with E-state index in [4.69, 9.17) is 4.74 Å². The molecule has 1 atom stereocenters. The number of carbonyl (C=O) groups is 2. The van der Waals surface area contributed by atoms with Crippen molar-refractivity contribution in [2.24, 2.45) is 0 Å². The van der Waals surface area contributed by atoms with Gasteiger partial charge in [0, 0.05) is 31.0 Å². The number of hydrogen-bond donors (Lipinski definition) is 1. The van der Waals surface area contributed by atoms with Gasteiger partial charge in [-0.3, -0.25) is 14.6 Å². The highest BCUT2D eigenvalue weighted by Gasteiger charge is 2.49. The third-order valence-corrected chi connectivity index (χ3v) is 5.47. The first-order valence-electron chi connectivity index (χ1n) is 9.98. The molecular weight excluding hydrogens is 378 g/mol. The van der Waals surface area contributed by atoms with Crippen molar-refractivity contribution in [3.05, 3.63) is 84.7 Å². The van der Waals surface area contributed by atoms with Gasteiger partial charge in [0.25, 0.3) is 11.8 Å². The van der Waals surface area contributed by atoms with Gasteiger partial charge in [-0.05, 0) is 54.7 Å². The molecule has 6 heteroatoms. The molecule has 1 aliphatic rings. The maximum atomic E-state index is 13.6. The van der Waals surface area contributed by atoms with Crippen LogP contribution in [-0.2, 0) is 16.8 Å². The molecule has 1 heterocycles. The fourth-order valence-corrected chi connectivity index (χ4v) is 4.12. The highest BCUT2D eigenvalue weighted by molar-refractivity contribution is 6.00. The lowest BCUT2D eigenvalue weighted by Crippen LogP contribution is -2.59. The molecular formula is C24H27N3O3. The van der Waals surface area contributed by atoms with Gasteiger partial charge >= 0.3 is 0 Å². The standard InChI is InChI=1S/C24H27N3O3/c1-4-13-26-23(29)24(12-6-7-19-17-20(30-3)8-9-21(19)24)27(16-5-2)22(28)18-10-14-25-15-11-18/h4-5,8-11,14-15,17H,1-2,6-7,12-13,16H2,3H3,(H,26,29). The molecule has 0 spiro atoms. The van der Waals surface area contributed by atoms with Crippen molar-refractivity contribution >= 4 is 11.8 Å². The number of methoxy groups -OCH3 is 1. The van der Waals surface area contributed by atoms with Crippen LogP contribution >= 0.6 is 0 Å². The number of nitrogens with zero attached hydrogens (tertiary/aromatic N) is 2. The number of aryl methyl sites for hydroxylation is 1. The molecule has 0 fully saturated rings. The molecule has 0 saturated carbocycles. The van der Waals surface area contributed by atoms with E-state index in [9.17, 15) is 9.59 Å². The van der Waals surface area contributed by atoms with E-state index in [-0.39, 0.29) is 18.4 Å². The largest absolute Gasteiger partial charge is 0.497 e. The smallest absolute Gasteiger partial charge is 0.255 e. The summed E-state index contributed by atoms with van der Waals surface area (Å²) in [7, 11) is 1.62. The molecule has 6 nitrogen and oxygen atoms in total. The van der Waals surface area contributed by atoms with E-state index in [1.807, 2.05) is 18.2 Å². The lowest BCUT2D eigenvalue weighted by molar-refractivity contribution is -0.133. The van der Waals surface area contributed by atoms with Gasteiger partial charge in [-0.15, -0.1) is 13.2 Å². The normalized spacial score (nSPS) is 17.4. The summed E-state index contributed by atoms with van der Waals surface area (Å²) in [6.45, 7) is 8.08. The third-order valence-electron chi connectivity index (χ3n) is 5.47. The molecule has 156 valence electrons. The molecule has 1 N–H and O–H groups in total. The van der Waals surface area contributed by atoms with E-state index in [2.05, 4.69) is 23.5 Å². The zero-order valence-corrected chi connectivity index (χ0v) is 17.3. The fraction of sp³-hybridized carbons (Fsp3) is 0.292. The first-order valence-corrected chi connectivity index (χ1v) is 9.98. The van der Waals surface area contributed by atoms with E-state index in [0.717, 1.165) is 29.7 Å². The predicted molar refractivity (Wildman–Crippen MR) is 116 cm³/mol. The zero-order valence-electron chi connectivity index (χ0n) is 17.3. The first-order chi connectivity index (χ1) is 14.6. The number of carbonyl (C=O) groups excluding carboxylic acids is 2. The SMILES string of the molecule is C=CCNC(=O)C1(N(CC=C)C(=O)c2ccncc2)CCCc2cc(OC)ccc21. The topological polar surface area (TPSA) is 71.5 Å². The van der Waals surface area contributed by atoms with Crippen molar-refractivity contribution in [2.45, 2.75) is 24.8 Å². The average molecular weight is 405 g/mol. The summed E-state index contributed by atoms with van der Waals surface area (Å²) >= 11 is 0. The Balaban J connectivity index is 2.19. The average Bonchev–Trinajstić information content (AvgIpc) is 2.80. The Morgan fingerprint density at radius 3 is 2.67 bits per heavy atom. The summed E-state index contributed by atoms with van der Waals surface area (Å²) in [5.41, 5.74) is 1.15. The molecule has 0 radical (unpaired) electrons. The molecule has 30 heavy (non-hydrogen) atoms. The van der Waals surface area contributed by atoms with Gasteiger partial charge < -0.3 is 15.0 Å². The summed E-state index contributed by atoms with van der Waals surface area (Å²) in [4.78, 5) is 32.8. The van der Waals surface area contributed by atoms with Crippen LogP contribution < -0.4 is 10.1 Å². The number of amides is 2. The molecule has 1 unspecified atom stereocenters. The quantitative estimate of drug-likeness (QED) is 0.685. The van der Waals surface area contributed by atoms with Crippen LogP contribution in [0.25, 0.3) is 0 Å². The van der Waals surface area contributed by atoms with Crippen LogP contribution in [0.5, 0.6) is 5.75 Å². The number of aromatic nitrogens is 1.